The molecule has 0 amide bonds. The first-order valence-corrected chi connectivity index (χ1v) is 14.7. The number of rotatable bonds is 8. The van der Waals surface area contributed by atoms with E-state index >= 15 is 0 Å². The minimum absolute atomic E-state index is 0.0134. The first-order chi connectivity index (χ1) is 19.6. The van der Waals surface area contributed by atoms with Gasteiger partial charge in [-0.3, -0.25) is 23.7 Å². The van der Waals surface area contributed by atoms with Crippen molar-refractivity contribution in [2.45, 2.75) is 49.4 Å². The van der Waals surface area contributed by atoms with Crippen LogP contribution in [0.2, 0.25) is 0 Å². The Balaban J connectivity index is 1.17. The van der Waals surface area contributed by atoms with Gasteiger partial charge in [-0.2, -0.15) is 4.98 Å². The number of ether oxygens (including phenoxy) is 2. The Morgan fingerprint density at radius 3 is 2.51 bits per heavy atom. The number of aliphatic hydroxyl groups is 3. The molecule has 0 aromatic carbocycles. The summed E-state index contributed by atoms with van der Waals surface area (Å²) in [5, 5.41) is 30.9. The van der Waals surface area contributed by atoms with Gasteiger partial charge in [0.2, 0.25) is 5.95 Å². The smallest absolute Gasteiger partial charge is 0.325 e. The summed E-state index contributed by atoms with van der Waals surface area (Å²) in [4.78, 5) is 55.9. The van der Waals surface area contributed by atoms with Crippen LogP contribution in [0.3, 0.4) is 0 Å². The van der Waals surface area contributed by atoms with E-state index in [1.807, 2.05) is 0 Å². The molecule has 2 aliphatic heterocycles. The summed E-state index contributed by atoms with van der Waals surface area (Å²) < 4.78 is 25.4. The van der Waals surface area contributed by atoms with Crippen LogP contribution in [0.25, 0.3) is 22.3 Å². The Bertz CT molecular complexity index is 1760. The number of aliphatic hydroxyl groups excluding tert-OH is 3. The molecule has 4 aromatic rings. The van der Waals surface area contributed by atoms with Crippen LogP contribution in [0.1, 0.15) is 18.9 Å². The van der Waals surface area contributed by atoms with Crippen molar-refractivity contribution in [3.8, 4) is 0 Å². The fourth-order valence-electron chi connectivity index (χ4n) is 4.82. The van der Waals surface area contributed by atoms with Crippen LogP contribution >= 0.6 is 6.72 Å². The third-order valence-electron chi connectivity index (χ3n) is 6.72. The van der Waals surface area contributed by atoms with Crippen LogP contribution in [0.5, 0.6) is 0 Å². The number of nitrogens with zero attached hydrogens (tertiary/aromatic N) is 6. The molecular formula is C20H24N9O10PS. The molecule has 4 aromatic heterocycles. The number of anilines is 1. The van der Waals surface area contributed by atoms with E-state index in [1.165, 1.54) is 21.8 Å². The van der Waals surface area contributed by atoms with Crippen molar-refractivity contribution < 1.29 is 38.7 Å². The summed E-state index contributed by atoms with van der Waals surface area (Å²) in [5.41, 5.74) is 4.81. The SMILES string of the molecule is Nc1nc2c(ncn2[C@@H]2O[C@H](CO)C[C@H]2OP(O)(=S)OC[C@H]2O[C@@H](n3cnc4c(=O)[nH]cnc43)[C@H](O)[C@@H]2O)c(=O)[nH]1. The topological polar surface area (TPSA) is 271 Å². The van der Waals surface area contributed by atoms with Gasteiger partial charge in [-0.15, -0.1) is 0 Å². The lowest BCUT2D eigenvalue weighted by Crippen LogP contribution is -2.33. The maximum atomic E-state index is 12.2. The Morgan fingerprint density at radius 1 is 1.07 bits per heavy atom. The number of nitrogen functional groups attached to an aromatic ring is 1. The summed E-state index contributed by atoms with van der Waals surface area (Å²) in [6.07, 6.45) is -4.20. The number of aromatic nitrogens is 8. The lowest BCUT2D eigenvalue weighted by molar-refractivity contribution is -0.0571. The highest BCUT2D eigenvalue weighted by Gasteiger charge is 2.46. The molecule has 220 valence electrons. The summed E-state index contributed by atoms with van der Waals surface area (Å²) in [6.45, 7) is -4.90. The quantitative estimate of drug-likeness (QED) is 0.1000. The summed E-state index contributed by atoms with van der Waals surface area (Å²) in [6, 6.07) is 0. The number of hydrogen-bond donors (Lipinski definition) is 7. The van der Waals surface area contributed by atoms with E-state index in [0.717, 1.165) is 6.33 Å². The molecule has 2 saturated heterocycles. The van der Waals surface area contributed by atoms with E-state index in [4.69, 9.17) is 36.1 Å². The third kappa shape index (κ3) is 5.07. The standard InChI is InChI=1S/C20H24N9O10PS/c21-20-26-15-11(17(34)27-20)25-6-29(15)18-8(1-7(2-30)37-18)39-40(35,41)36-3-9-12(31)13(32)19(38-9)28-5-24-10-14(28)22-4-23-16(10)33/h4-9,12-13,18-19,30-32H,1-3H2,(H,35,41)(H,22,23,33)(H3,21,26,27,34)/t7-,8+,9+,12+,13+,18+,19+,40?/m0/s1. The fourth-order valence-corrected chi connectivity index (χ4v) is 6.26. The maximum absolute atomic E-state index is 12.2. The lowest BCUT2D eigenvalue weighted by atomic mass is 10.1. The van der Waals surface area contributed by atoms with Gasteiger partial charge < -0.3 is 49.5 Å². The zero-order chi connectivity index (χ0) is 29.1. The number of fused-ring (bicyclic) bond motifs is 2. The summed E-state index contributed by atoms with van der Waals surface area (Å²) in [7, 11) is 0. The van der Waals surface area contributed by atoms with Crippen molar-refractivity contribution in [2.24, 2.45) is 0 Å². The predicted molar refractivity (Wildman–Crippen MR) is 140 cm³/mol. The van der Waals surface area contributed by atoms with E-state index in [9.17, 15) is 29.8 Å². The normalized spacial score (nSPS) is 29.9. The van der Waals surface area contributed by atoms with Crippen LogP contribution in [-0.2, 0) is 30.3 Å². The minimum atomic E-state index is -4.05. The van der Waals surface area contributed by atoms with E-state index in [2.05, 4.69) is 29.9 Å². The average molecular weight is 614 g/mol. The molecule has 0 bridgehead atoms. The van der Waals surface area contributed by atoms with E-state index in [1.54, 1.807) is 0 Å². The molecule has 8 N–H and O–H groups in total. The van der Waals surface area contributed by atoms with Crippen LogP contribution < -0.4 is 16.9 Å². The molecule has 41 heavy (non-hydrogen) atoms. The second kappa shape index (κ2) is 10.6. The van der Waals surface area contributed by atoms with Crippen molar-refractivity contribution in [2.75, 3.05) is 18.9 Å². The number of nitrogens with one attached hydrogen (secondary N) is 2. The number of imidazole rings is 2. The van der Waals surface area contributed by atoms with Crippen molar-refractivity contribution in [3.63, 3.8) is 0 Å². The molecule has 21 heteroatoms. The van der Waals surface area contributed by atoms with Gasteiger partial charge in [0.15, 0.2) is 34.8 Å². The molecule has 8 atom stereocenters. The molecule has 6 heterocycles. The van der Waals surface area contributed by atoms with Gasteiger partial charge in [-0.05, 0) is 11.8 Å². The van der Waals surface area contributed by atoms with Gasteiger partial charge in [-0.25, -0.2) is 15.0 Å². The number of aromatic amines is 2. The maximum Gasteiger partial charge on any atom is 0.325 e. The van der Waals surface area contributed by atoms with E-state index < -0.39 is 67.4 Å². The second-order valence-corrected chi connectivity index (χ2v) is 12.1. The first kappa shape index (κ1) is 28.0. The Labute approximate surface area is 232 Å². The molecular weight excluding hydrogens is 589 g/mol. The predicted octanol–water partition coefficient (Wildman–Crippen LogP) is -2.65. The number of hydrogen-bond acceptors (Lipinski definition) is 15. The van der Waals surface area contributed by atoms with Crippen molar-refractivity contribution in [3.05, 3.63) is 39.7 Å². The Hall–Kier alpha value is -3.17. The highest BCUT2D eigenvalue weighted by molar-refractivity contribution is 8.07. The molecule has 0 spiro atoms. The largest absolute Gasteiger partial charge is 0.394 e. The van der Waals surface area contributed by atoms with Gasteiger partial charge in [0, 0.05) is 6.42 Å². The average Bonchev–Trinajstić information content (AvgIpc) is 3.69. The minimum Gasteiger partial charge on any atom is -0.394 e. The molecule has 19 nitrogen and oxygen atoms in total. The zero-order valence-corrected chi connectivity index (χ0v) is 22.5. The highest BCUT2D eigenvalue weighted by atomic mass is 32.5. The lowest BCUT2D eigenvalue weighted by Gasteiger charge is -2.25. The molecule has 1 unspecified atom stereocenters. The Kier molecular flexibility index (Phi) is 7.22. The van der Waals surface area contributed by atoms with Gasteiger partial charge >= 0.3 is 6.72 Å². The van der Waals surface area contributed by atoms with Crippen LogP contribution in [0.4, 0.5) is 5.95 Å². The van der Waals surface area contributed by atoms with Gasteiger partial charge in [-0.1, -0.05) is 0 Å². The van der Waals surface area contributed by atoms with Crippen molar-refractivity contribution in [1.29, 1.82) is 0 Å². The second-order valence-electron chi connectivity index (χ2n) is 9.35. The molecule has 0 radical (unpaired) electrons. The van der Waals surface area contributed by atoms with Gasteiger partial charge in [0.1, 0.15) is 24.4 Å². The molecule has 2 fully saturated rings. The molecule has 6 rings (SSSR count). The molecule has 2 aliphatic rings. The van der Waals surface area contributed by atoms with Gasteiger partial charge in [0.05, 0.1) is 38.3 Å². The number of H-pyrrole nitrogens is 2. The van der Waals surface area contributed by atoms with E-state index in [0.29, 0.717) is 0 Å². The van der Waals surface area contributed by atoms with Crippen molar-refractivity contribution in [1.82, 2.24) is 39.0 Å². The first-order valence-electron chi connectivity index (χ1n) is 12.1. The van der Waals surface area contributed by atoms with Crippen LogP contribution in [-0.4, -0.2) is 103 Å². The summed E-state index contributed by atoms with van der Waals surface area (Å²) >= 11 is 5.19. The molecule has 0 aliphatic carbocycles. The zero-order valence-electron chi connectivity index (χ0n) is 20.7. The fraction of sp³-hybridized carbons (Fsp3) is 0.500. The van der Waals surface area contributed by atoms with Crippen LogP contribution in [0, 0.1) is 0 Å². The number of nitrogens with two attached hydrogens (primary N) is 1. The summed E-state index contributed by atoms with van der Waals surface area (Å²) in [5.74, 6) is -0.157. The Morgan fingerprint density at radius 2 is 1.78 bits per heavy atom. The van der Waals surface area contributed by atoms with Crippen LogP contribution in [0.15, 0.2) is 28.6 Å². The highest BCUT2D eigenvalue weighted by Crippen LogP contribution is 2.50. The van der Waals surface area contributed by atoms with Crippen molar-refractivity contribution >= 4 is 46.8 Å². The van der Waals surface area contributed by atoms with Gasteiger partial charge in [0.25, 0.3) is 11.1 Å². The van der Waals surface area contributed by atoms with E-state index in [-0.39, 0.29) is 41.3 Å². The third-order valence-corrected chi connectivity index (χ3v) is 8.31. The monoisotopic (exact) mass is 613 g/mol. The molecule has 0 saturated carbocycles.